The van der Waals surface area contributed by atoms with Gasteiger partial charge in [0.15, 0.2) is 0 Å². The van der Waals surface area contributed by atoms with Crippen LogP contribution in [0.2, 0.25) is 0 Å². The standard InChI is InChI=1S/C16H16F3NO4/c17-16(18,19)24-10-3-1-9(2-4-10)12(7-13(21)22)20-14(23)11-8-15(11)5-6-15/h1-4,11-12H,5-8H2,(H,20,23)(H,21,22). The molecule has 2 unspecified atom stereocenters. The molecule has 0 aliphatic heterocycles. The second kappa shape index (κ2) is 5.68. The first-order valence-electron chi connectivity index (χ1n) is 7.56. The molecule has 0 bridgehead atoms. The first-order chi connectivity index (χ1) is 11.2. The predicted molar refractivity (Wildman–Crippen MR) is 76.0 cm³/mol. The van der Waals surface area contributed by atoms with Crippen LogP contribution >= 0.6 is 0 Å². The molecule has 2 saturated carbocycles. The molecule has 0 saturated heterocycles. The summed E-state index contributed by atoms with van der Waals surface area (Å²) in [7, 11) is 0. The van der Waals surface area contributed by atoms with Crippen LogP contribution in [0.5, 0.6) is 5.75 Å². The van der Waals surface area contributed by atoms with Gasteiger partial charge in [-0.15, -0.1) is 13.2 Å². The quantitative estimate of drug-likeness (QED) is 0.833. The summed E-state index contributed by atoms with van der Waals surface area (Å²) in [5.74, 6) is -1.75. The molecule has 2 aliphatic rings. The number of carboxylic acid groups (broad SMARTS) is 1. The summed E-state index contributed by atoms with van der Waals surface area (Å²) < 4.78 is 40.3. The fourth-order valence-electron chi connectivity index (χ4n) is 3.03. The molecule has 24 heavy (non-hydrogen) atoms. The molecule has 1 aromatic rings. The summed E-state index contributed by atoms with van der Waals surface area (Å²) in [6, 6.07) is 4.07. The maximum absolute atomic E-state index is 12.2. The van der Waals surface area contributed by atoms with Crippen molar-refractivity contribution in [3.05, 3.63) is 29.8 Å². The Bertz CT molecular complexity index is 652. The molecule has 1 amide bonds. The summed E-state index contributed by atoms with van der Waals surface area (Å²) in [4.78, 5) is 23.2. The van der Waals surface area contributed by atoms with Gasteiger partial charge in [0.05, 0.1) is 12.5 Å². The number of carboxylic acids is 1. The Kier molecular flexibility index (Phi) is 3.93. The third-order valence-corrected chi connectivity index (χ3v) is 4.61. The molecule has 1 aromatic carbocycles. The molecule has 2 aliphatic carbocycles. The third-order valence-electron chi connectivity index (χ3n) is 4.61. The Morgan fingerprint density at radius 2 is 1.92 bits per heavy atom. The number of aliphatic carboxylic acids is 1. The molecule has 3 rings (SSSR count). The Balaban J connectivity index is 1.68. The Morgan fingerprint density at radius 3 is 2.38 bits per heavy atom. The average Bonchev–Trinajstić information content (AvgIpc) is 3.37. The molecule has 0 radical (unpaired) electrons. The summed E-state index contributed by atoms with van der Waals surface area (Å²) >= 11 is 0. The van der Waals surface area contributed by atoms with Crippen molar-refractivity contribution in [3.8, 4) is 5.75 Å². The van der Waals surface area contributed by atoms with E-state index in [1.54, 1.807) is 0 Å². The summed E-state index contributed by atoms with van der Waals surface area (Å²) in [6.45, 7) is 0. The summed E-state index contributed by atoms with van der Waals surface area (Å²) in [5, 5.41) is 11.7. The lowest BCUT2D eigenvalue weighted by Gasteiger charge is -2.18. The lowest BCUT2D eigenvalue weighted by Crippen LogP contribution is -2.31. The monoisotopic (exact) mass is 343 g/mol. The van der Waals surface area contributed by atoms with E-state index < -0.39 is 24.1 Å². The maximum Gasteiger partial charge on any atom is 0.573 e. The van der Waals surface area contributed by atoms with Crippen molar-refractivity contribution in [1.82, 2.24) is 5.32 Å². The number of benzene rings is 1. The van der Waals surface area contributed by atoms with E-state index in [0.717, 1.165) is 31.4 Å². The van der Waals surface area contributed by atoms with E-state index in [4.69, 9.17) is 5.11 Å². The van der Waals surface area contributed by atoms with Crippen molar-refractivity contribution < 1.29 is 32.6 Å². The van der Waals surface area contributed by atoms with Gasteiger partial charge >= 0.3 is 12.3 Å². The van der Waals surface area contributed by atoms with Crippen LogP contribution in [-0.2, 0) is 9.59 Å². The van der Waals surface area contributed by atoms with Crippen molar-refractivity contribution in [2.45, 2.75) is 38.1 Å². The van der Waals surface area contributed by atoms with Gasteiger partial charge in [-0.25, -0.2) is 0 Å². The SMILES string of the molecule is O=C(O)CC(NC(=O)C1CC12CC2)c1ccc(OC(F)(F)F)cc1. The van der Waals surface area contributed by atoms with Crippen molar-refractivity contribution in [1.29, 1.82) is 0 Å². The van der Waals surface area contributed by atoms with Crippen LogP contribution in [0.3, 0.4) is 0 Å². The van der Waals surface area contributed by atoms with Gasteiger partial charge in [-0.3, -0.25) is 9.59 Å². The molecule has 130 valence electrons. The van der Waals surface area contributed by atoms with Gasteiger partial charge in [-0.1, -0.05) is 12.1 Å². The minimum absolute atomic E-state index is 0.0679. The highest BCUT2D eigenvalue weighted by Crippen LogP contribution is 2.70. The molecule has 2 atom stereocenters. The largest absolute Gasteiger partial charge is 0.573 e. The number of halogens is 3. The van der Waals surface area contributed by atoms with Crippen molar-refractivity contribution in [2.75, 3.05) is 0 Å². The van der Waals surface area contributed by atoms with Crippen LogP contribution in [0.25, 0.3) is 0 Å². The van der Waals surface area contributed by atoms with Gasteiger partial charge in [0.1, 0.15) is 5.75 Å². The van der Waals surface area contributed by atoms with Crippen molar-refractivity contribution >= 4 is 11.9 Å². The molecule has 2 N–H and O–H groups in total. The number of alkyl halides is 3. The molecule has 0 heterocycles. The highest BCUT2D eigenvalue weighted by atomic mass is 19.4. The molecule has 5 nitrogen and oxygen atoms in total. The lowest BCUT2D eigenvalue weighted by atomic mass is 10.0. The molecule has 2 fully saturated rings. The van der Waals surface area contributed by atoms with Crippen LogP contribution in [0.4, 0.5) is 13.2 Å². The minimum atomic E-state index is -4.79. The van der Waals surface area contributed by atoms with Crippen LogP contribution in [0, 0.1) is 11.3 Å². The van der Waals surface area contributed by atoms with Gasteiger partial charge in [-0.05, 0) is 42.4 Å². The van der Waals surface area contributed by atoms with E-state index in [0.29, 0.717) is 5.56 Å². The fraction of sp³-hybridized carbons (Fsp3) is 0.500. The number of carbonyl (C=O) groups excluding carboxylic acids is 1. The van der Waals surface area contributed by atoms with Gasteiger partial charge in [0.25, 0.3) is 0 Å². The molecule has 0 aromatic heterocycles. The Labute approximate surface area is 135 Å². The molecular weight excluding hydrogens is 327 g/mol. The normalized spacial score (nSPS) is 21.9. The van der Waals surface area contributed by atoms with E-state index >= 15 is 0 Å². The zero-order valence-electron chi connectivity index (χ0n) is 12.6. The van der Waals surface area contributed by atoms with E-state index in [1.165, 1.54) is 12.1 Å². The smallest absolute Gasteiger partial charge is 0.481 e. The van der Waals surface area contributed by atoms with Crippen LogP contribution in [0.15, 0.2) is 24.3 Å². The zero-order chi connectivity index (χ0) is 17.5. The van der Waals surface area contributed by atoms with E-state index in [2.05, 4.69) is 10.1 Å². The number of amides is 1. The van der Waals surface area contributed by atoms with Gasteiger partial charge < -0.3 is 15.2 Å². The summed E-state index contributed by atoms with van der Waals surface area (Å²) in [5.41, 5.74) is 0.563. The zero-order valence-corrected chi connectivity index (χ0v) is 12.6. The maximum atomic E-state index is 12.2. The first-order valence-corrected chi connectivity index (χ1v) is 7.56. The highest BCUT2D eigenvalue weighted by Gasteiger charge is 2.65. The van der Waals surface area contributed by atoms with E-state index in [9.17, 15) is 22.8 Å². The van der Waals surface area contributed by atoms with E-state index in [-0.39, 0.29) is 23.7 Å². The number of hydrogen-bond acceptors (Lipinski definition) is 3. The predicted octanol–water partition coefficient (Wildman–Crippen LogP) is 3.02. The van der Waals surface area contributed by atoms with Crippen LogP contribution < -0.4 is 10.1 Å². The Hall–Kier alpha value is -2.25. The second-order valence-corrected chi connectivity index (χ2v) is 6.39. The first kappa shape index (κ1) is 16.6. The topological polar surface area (TPSA) is 75.6 Å². The van der Waals surface area contributed by atoms with Crippen molar-refractivity contribution in [3.63, 3.8) is 0 Å². The number of rotatable bonds is 6. The summed E-state index contributed by atoms with van der Waals surface area (Å²) in [6.07, 6.45) is -2.25. The van der Waals surface area contributed by atoms with Gasteiger partial charge in [0, 0.05) is 5.92 Å². The number of carbonyl (C=O) groups is 2. The number of ether oxygens (including phenoxy) is 1. The number of nitrogens with one attached hydrogen (secondary N) is 1. The van der Waals surface area contributed by atoms with E-state index in [1.807, 2.05) is 0 Å². The molecule has 1 spiro atoms. The average molecular weight is 343 g/mol. The second-order valence-electron chi connectivity index (χ2n) is 6.39. The van der Waals surface area contributed by atoms with Gasteiger partial charge in [-0.2, -0.15) is 0 Å². The fourth-order valence-corrected chi connectivity index (χ4v) is 3.03. The van der Waals surface area contributed by atoms with Crippen LogP contribution in [0.1, 0.15) is 37.3 Å². The molecular formula is C16H16F3NO4. The third kappa shape index (κ3) is 3.80. The Morgan fingerprint density at radius 1 is 1.29 bits per heavy atom. The van der Waals surface area contributed by atoms with Crippen LogP contribution in [-0.4, -0.2) is 23.3 Å². The van der Waals surface area contributed by atoms with Crippen molar-refractivity contribution in [2.24, 2.45) is 11.3 Å². The van der Waals surface area contributed by atoms with Gasteiger partial charge in [0.2, 0.25) is 5.91 Å². The molecule has 8 heteroatoms. The lowest BCUT2D eigenvalue weighted by molar-refractivity contribution is -0.274. The number of hydrogen-bond donors (Lipinski definition) is 2. The minimum Gasteiger partial charge on any atom is -0.481 e. The highest BCUT2D eigenvalue weighted by molar-refractivity contribution is 5.84.